The average molecular weight is 306 g/mol. The number of carbonyl (C=O) groups is 1. The molecule has 7 nitrogen and oxygen atoms in total. The van der Waals surface area contributed by atoms with Gasteiger partial charge in [-0.3, -0.25) is 4.79 Å². The number of benzene rings is 1. The van der Waals surface area contributed by atoms with E-state index in [1.54, 1.807) is 19.2 Å². The quantitative estimate of drug-likeness (QED) is 0.626. The Balaban J connectivity index is 2.04. The predicted octanol–water partition coefficient (Wildman–Crippen LogP) is 2.15. The van der Waals surface area contributed by atoms with Crippen molar-refractivity contribution in [3.63, 3.8) is 0 Å². The van der Waals surface area contributed by atoms with Gasteiger partial charge in [-0.15, -0.1) is 0 Å². The fourth-order valence-electron chi connectivity index (χ4n) is 1.98. The van der Waals surface area contributed by atoms with Crippen LogP contribution < -0.4 is 0 Å². The molecule has 1 heterocycles. The van der Waals surface area contributed by atoms with Crippen LogP contribution in [0.5, 0.6) is 0 Å². The van der Waals surface area contributed by atoms with E-state index in [1.165, 1.54) is 34.1 Å². The first-order chi connectivity index (χ1) is 10.4. The second-order valence-corrected chi connectivity index (χ2v) is 4.89. The van der Waals surface area contributed by atoms with Crippen LogP contribution in [0.25, 0.3) is 0 Å². The second kappa shape index (κ2) is 6.33. The van der Waals surface area contributed by atoms with E-state index in [9.17, 15) is 19.3 Å². The smallest absolute Gasteiger partial charge is 0.358 e. The molecule has 0 spiro atoms. The van der Waals surface area contributed by atoms with Gasteiger partial charge in [-0.05, 0) is 34.5 Å². The van der Waals surface area contributed by atoms with Gasteiger partial charge in [0.1, 0.15) is 18.6 Å². The minimum absolute atomic E-state index is 0.0527. The van der Waals surface area contributed by atoms with Gasteiger partial charge in [0.2, 0.25) is 12.2 Å². The molecular formula is C14H15FN4O3. The molecule has 116 valence electrons. The van der Waals surface area contributed by atoms with Gasteiger partial charge < -0.3 is 19.6 Å². The van der Waals surface area contributed by atoms with E-state index in [2.05, 4.69) is 4.98 Å². The van der Waals surface area contributed by atoms with Gasteiger partial charge in [-0.1, -0.05) is 12.1 Å². The van der Waals surface area contributed by atoms with Crippen molar-refractivity contribution in [1.29, 1.82) is 0 Å². The molecule has 0 aliphatic carbocycles. The topological polar surface area (TPSA) is 81.3 Å². The first-order valence-electron chi connectivity index (χ1n) is 6.55. The lowest BCUT2D eigenvalue weighted by Crippen LogP contribution is -2.32. The standard InChI is InChI=1S/C14H15FN4O3/c1-10(11-3-5-12(15)6-4-11)17(2)14(20)8-18-7-13(16-9-18)19(21)22/h3-7,9-10H,8H2,1-2H3. The van der Waals surface area contributed by atoms with Crippen LogP contribution in [0.1, 0.15) is 18.5 Å². The fraction of sp³-hybridized carbons (Fsp3) is 0.286. The van der Waals surface area contributed by atoms with Crippen LogP contribution in [0.4, 0.5) is 10.2 Å². The molecular weight excluding hydrogens is 291 g/mol. The number of halogens is 1. The van der Waals surface area contributed by atoms with Gasteiger partial charge in [0.25, 0.3) is 0 Å². The van der Waals surface area contributed by atoms with Crippen LogP contribution in [0, 0.1) is 15.9 Å². The summed E-state index contributed by atoms with van der Waals surface area (Å²) in [5.41, 5.74) is 0.800. The van der Waals surface area contributed by atoms with Crippen LogP contribution >= 0.6 is 0 Å². The molecule has 1 atom stereocenters. The molecule has 0 aliphatic rings. The highest BCUT2D eigenvalue weighted by Gasteiger charge is 2.19. The van der Waals surface area contributed by atoms with E-state index < -0.39 is 4.92 Å². The van der Waals surface area contributed by atoms with E-state index in [4.69, 9.17) is 0 Å². The molecule has 22 heavy (non-hydrogen) atoms. The molecule has 2 rings (SSSR count). The maximum absolute atomic E-state index is 12.9. The van der Waals surface area contributed by atoms with E-state index >= 15 is 0 Å². The highest BCUT2D eigenvalue weighted by atomic mass is 19.1. The van der Waals surface area contributed by atoms with Gasteiger partial charge in [0.15, 0.2) is 0 Å². The van der Waals surface area contributed by atoms with Crippen LogP contribution in [0.3, 0.4) is 0 Å². The summed E-state index contributed by atoms with van der Waals surface area (Å²) in [5, 5.41) is 10.6. The number of likely N-dealkylation sites (N-methyl/N-ethyl adjacent to an activating group) is 1. The average Bonchev–Trinajstić information content (AvgIpc) is 2.95. The molecule has 0 saturated heterocycles. The summed E-state index contributed by atoms with van der Waals surface area (Å²) in [6.07, 6.45) is 2.45. The van der Waals surface area contributed by atoms with Gasteiger partial charge in [-0.2, -0.15) is 0 Å². The SMILES string of the molecule is CC(c1ccc(F)cc1)N(C)C(=O)Cn1cnc([N+](=O)[O-])c1. The van der Waals surface area contributed by atoms with E-state index in [0.717, 1.165) is 5.56 Å². The highest BCUT2D eigenvalue weighted by Crippen LogP contribution is 2.19. The highest BCUT2D eigenvalue weighted by molar-refractivity contribution is 5.76. The molecule has 0 aliphatic heterocycles. The summed E-state index contributed by atoms with van der Waals surface area (Å²) in [6, 6.07) is 5.66. The molecule has 1 amide bonds. The summed E-state index contributed by atoms with van der Waals surface area (Å²) < 4.78 is 14.3. The number of carbonyl (C=O) groups excluding carboxylic acids is 1. The molecule has 0 saturated carbocycles. The van der Waals surface area contributed by atoms with Gasteiger partial charge in [0.05, 0.1) is 6.04 Å². The summed E-state index contributed by atoms with van der Waals surface area (Å²) in [6.45, 7) is 1.77. The zero-order chi connectivity index (χ0) is 16.3. The third kappa shape index (κ3) is 3.46. The summed E-state index contributed by atoms with van der Waals surface area (Å²) >= 11 is 0. The van der Waals surface area contributed by atoms with Crippen LogP contribution in [-0.4, -0.2) is 32.3 Å². The first-order valence-corrected chi connectivity index (χ1v) is 6.55. The molecule has 1 aromatic carbocycles. The number of hydrogen-bond donors (Lipinski definition) is 0. The second-order valence-electron chi connectivity index (χ2n) is 4.89. The van der Waals surface area contributed by atoms with Crippen molar-refractivity contribution in [1.82, 2.24) is 14.5 Å². The molecule has 0 radical (unpaired) electrons. The van der Waals surface area contributed by atoms with Crippen molar-refractivity contribution in [2.24, 2.45) is 0 Å². The Kier molecular flexibility index (Phi) is 4.50. The van der Waals surface area contributed by atoms with Crippen molar-refractivity contribution < 1.29 is 14.1 Å². The Labute approximate surface area is 126 Å². The first kappa shape index (κ1) is 15.6. The largest absolute Gasteiger partial charge is 0.381 e. The number of nitrogens with zero attached hydrogens (tertiary/aromatic N) is 4. The molecule has 0 N–H and O–H groups in total. The van der Waals surface area contributed by atoms with Crippen molar-refractivity contribution in [2.75, 3.05) is 7.05 Å². The number of nitro groups is 1. The third-order valence-electron chi connectivity index (χ3n) is 3.45. The lowest BCUT2D eigenvalue weighted by Gasteiger charge is -2.25. The van der Waals surface area contributed by atoms with Crippen molar-refractivity contribution in [3.05, 3.63) is 58.3 Å². The molecule has 1 aromatic heterocycles. The number of aromatic nitrogens is 2. The molecule has 0 bridgehead atoms. The minimum Gasteiger partial charge on any atom is -0.358 e. The molecule has 0 fully saturated rings. The Morgan fingerprint density at radius 2 is 2.09 bits per heavy atom. The van der Waals surface area contributed by atoms with Crippen molar-refractivity contribution in [2.45, 2.75) is 19.5 Å². The van der Waals surface area contributed by atoms with Gasteiger partial charge >= 0.3 is 5.82 Å². The normalized spacial score (nSPS) is 12.0. The van der Waals surface area contributed by atoms with E-state index in [1.807, 2.05) is 6.92 Å². The van der Waals surface area contributed by atoms with Crippen molar-refractivity contribution >= 4 is 11.7 Å². The molecule has 2 aromatic rings. The molecule has 1 unspecified atom stereocenters. The van der Waals surface area contributed by atoms with Crippen LogP contribution in [0.15, 0.2) is 36.8 Å². The maximum atomic E-state index is 12.9. The number of imidazole rings is 1. The van der Waals surface area contributed by atoms with Gasteiger partial charge in [0, 0.05) is 7.05 Å². The van der Waals surface area contributed by atoms with Gasteiger partial charge in [-0.25, -0.2) is 4.39 Å². The minimum atomic E-state index is -0.619. The Bertz CT molecular complexity index is 684. The summed E-state index contributed by atoms with van der Waals surface area (Å²) in [5.74, 6) is -0.873. The zero-order valence-electron chi connectivity index (χ0n) is 12.1. The Hall–Kier alpha value is -2.77. The Morgan fingerprint density at radius 3 is 2.64 bits per heavy atom. The number of amides is 1. The Morgan fingerprint density at radius 1 is 1.45 bits per heavy atom. The fourth-order valence-corrected chi connectivity index (χ4v) is 1.98. The van der Waals surface area contributed by atoms with E-state index in [-0.39, 0.29) is 30.1 Å². The summed E-state index contributed by atoms with van der Waals surface area (Å²) in [7, 11) is 1.63. The lowest BCUT2D eigenvalue weighted by molar-refractivity contribution is -0.389. The van der Waals surface area contributed by atoms with Crippen LogP contribution in [-0.2, 0) is 11.3 Å². The van der Waals surface area contributed by atoms with E-state index in [0.29, 0.717) is 0 Å². The third-order valence-corrected chi connectivity index (χ3v) is 3.45. The monoisotopic (exact) mass is 306 g/mol. The molecule has 8 heteroatoms. The lowest BCUT2D eigenvalue weighted by atomic mass is 10.1. The number of rotatable bonds is 5. The summed E-state index contributed by atoms with van der Waals surface area (Å²) in [4.78, 5) is 27.2. The maximum Gasteiger partial charge on any atom is 0.381 e. The zero-order valence-corrected chi connectivity index (χ0v) is 12.1. The van der Waals surface area contributed by atoms with Crippen LogP contribution in [0.2, 0.25) is 0 Å². The number of hydrogen-bond acceptors (Lipinski definition) is 4. The predicted molar refractivity (Wildman–Crippen MR) is 76.5 cm³/mol. The van der Waals surface area contributed by atoms with Crippen molar-refractivity contribution in [3.8, 4) is 0 Å².